The molecular formula is C17H26N2O2. The highest BCUT2D eigenvalue weighted by molar-refractivity contribution is 5.85. The molecule has 2 heterocycles. The first-order valence-corrected chi connectivity index (χ1v) is 8.29. The zero-order chi connectivity index (χ0) is 14.8. The third kappa shape index (κ3) is 3.15. The van der Waals surface area contributed by atoms with E-state index in [4.69, 9.17) is 0 Å². The quantitative estimate of drug-likeness (QED) is 0.904. The molecule has 1 aromatic rings. The number of likely N-dealkylation sites (tertiary alicyclic amines) is 1. The van der Waals surface area contributed by atoms with Crippen LogP contribution in [0.2, 0.25) is 0 Å². The second-order valence-corrected chi connectivity index (χ2v) is 6.75. The van der Waals surface area contributed by atoms with Gasteiger partial charge in [0.15, 0.2) is 0 Å². The van der Waals surface area contributed by atoms with Crippen molar-refractivity contribution >= 4 is 5.97 Å². The molecule has 3 rings (SSSR count). The number of carboxylic acids is 1. The van der Waals surface area contributed by atoms with Crippen molar-refractivity contribution in [2.24, 2.45) is 5.92 Å². The molecule has 4 nitrogen and oxygen atoms in total. The van der Waals surface area contributed by atoms with Gasteiger partial charge in [0.1, 0.15) is 5.69 Å². The number of nitrogens with zero attached hydrogens (tertiary/aromatic N) is 2. The summed E-state index contributed by atoms with van der Waals surface area (Å²) in [5.74, 6) is 0.140. The number of rotatable bonds is 5. The molecule has 0 bridgehead atoms. The first-order valence-electron chi connectivity index (χ1n) is 8.29. The minimum absolute atomic E-state index is 0.346. The van der Waals surface area contributed by atoms with E-state index in [1.165, 1.54) is 25.7 Å². The summed E-state index contributed by atoms with van der Waals surface area (Å²) in [5, 5.41) is 9.23. The van der Waals surface area contributed by atoms with Crippen LogP contribution >= 0.6 is 0 Å². The average Bonchev–Trinajstić information content (AvgIpc) is 2.92. The molecule has 1 aromatic heterocycles. The van der Waals surface area contributed by atoms with Gasteiger partial charge in [-0.05, 0) is 44.2 Å². The van der Waals surface area contributed by atoms with Crippen LogP contribution in [0, 0.1) is 5.92 Å². The van der Waals surface area contributed by atoms with Crippen molar-refractivity contribution in [3.8, 4) is 0 Å². The number of piperidine rings is 1. The van der Waals surface area contributed by atoms with Crippen molar-refractivity contribution in [1.82, 2.24) is 9.47 Å². The van der Waals surface area contributed by atoms with Gasteiger partial charge in [0.2, 0.25) is 0 Å². The Labute approximate surface area is 126 Å². The maximum absolute atomic E-state index is 11.2. The summed E-state index contributed by atoms with van der Waals surface area (Å²) in [5.41, 5.74) is 0.427. The van der Waals surface area contributed by atoms with Gasteiger partial charge in [0.05, 0.1) is 0 Å². The SMILES string of the molecule is CC(CC1CCC1)N1CCC(n2cccc2C(=O)O)CC1. The zero-order valence-corrected chi connectivity index (χ0v) is 12.9. The second-order valence-electron chi connectivity index (χ2n) is 6.75. The third-order valence-corrected chi connectivity index (χ3v) is 5.41. The molecule has 0 spiro atoms. The van der Waals surface area contributed by atoms with Crippen LogP contribution < -0.4 is 0 Å². The highest BCUT2D eigenvalue weighted by Crippen LogP contribution is 2.33. The van der Waals surface area contributed by atoms with E-state index in [1.54, 1.807) is 6.07 Å². The molecule has 4 heteroatoms. The fraction of sp³-hybridized carbons (Fsp3) is 0.706. The van der Waals surface area contributed by atoms with Crippen molar-refractivity contribution in [2.75, 3.05) is 13.1 Å². The van der Waals surface area contributed by atoms with Gasteiger partial charge in [0.25, 0.3) is 0 Å². The van der Waals surface area contributed by atoms with Gasteiger partial charge < -0.3 is 14.6 Å². The Morgan fingerprint density at radius 2 is 2.05 bits per heavy atom. The van der Waals surface area contributed by atoms with Gasteiger partial charge in [0, 0.05) is 31.4 Å². The van der Waals surface area contributed by atoms with Gasteiger partial charge in [-0.2, -0.15) is 0 Å². The van der Waals surface area contributed by atoms with E-state index in [-0.39, 0.29) is 0 Å². The van der Waals surface area contributed by atoms with Gasteiger partial charge in [-0.1, -0.05) is 19.3 Å². The fourth-order valence-corrected chi connectivity index (χ4v) is 3.86. The highest BCUT2D eigenvalue weighted by Gasteiger charge is 2.28. The predicted octanol–water partition coefficient (Wildman–Crippen LogP) is 3.40. The Morgan fingerprint density at radius 3 is 2.62 bits per heavy atom. The lowest BCUT2D eigenvalue weighted by atomic mass is 9.80. The van der Waals surface area contributed by atoms with Crippen LogP contribution in [0.15, 0.2) is 18.3 Å². The standard InChI is InChI=1S/C17H26N2O2/c1-13(12-14-4-2-5-14)18-10-7-15(8-11-18)19-9-3-6-16(19)17(20)21/h3,6,9,13-15H,2,4-5,7-8,10-12H2,1H3,(H,20,21). The highest BCUT2D eigenvalue weighted by atomic mass is 16.4. The molecule has 1 N–H and O–H groups in total. The van der Waals surface area contributed by atoms with Crippen LogP contribution in [0.5, 0.6) is 0 Å². The maximum atomic E-state index is 11.2. The Balaban J connectivity index is 1.54. The summed E-state index contributed by atoms with van der Waals surface area (Å²) in [6.07, 6.45) is 9.65. The van der Waals surface area contributed by atoms with Gasteiger partial charge >= 0.3 is 5.97 Å². The molecule has 1 aliphatic heterocycles. The molecular weight excluding hydrogens is 264 g/mol. The minimum atomic E-state index is -0.819. The molecule has 1 aliphatic carbocycles. The molecule has 1 saturated carbocycles. The van der Waals surface area contributed by atoms with Crippen LogP contribution in [-0.4, -0.2) is 39.7 Å². The van der Waals surface area contributed by atoms with Crippen molar-refractivity contribution in [3.63, 3.8) is 0 Å². The van der Waals surface area contributed by atoms with E-state index in [0.29, 0.717) is 17.8 Å². The zero-order valence-electron chi connectivity index (χ0n) is 12.9. The molecule has 1 saturated heterocycles. The van der Waals surface area contributed by atoms with Crippen molar-refractivity contribution in [2.45, 2.75) is 57.5 Å². The van der Waals surface area contributed by atoms with E-state index in [2.05, 4.69) is 11.8 Å². The lowest BCUT2D eigenvalue weighted by molar-refractivity contribution is 0.0673. The normalized spacial score (nSPS) is 22.9. The minimum Gasteiger partial charge on any atom is -0.477 e. The van der Waals surface area contributed by atoms with Crippen LogP contribution in [0.3, 0.4) is 0 Å². The van der Waals surface area contributed by atoms with E-state index < -0.39 is 5.97 Å². The van der Waals surface area contributed by atoms with Crippen molar-refractivity contribution < 1.29 is 9.90 Å². The molecule has 0 amide bonds. The lowest BCUT2D eigenvalue weighted by Crippen LogP contribution is -2.42. The van der Waals surface area contributed by atoms with Crippen LogP contribution in [0.25, 0.3) is 0 Å². The first kappa shape index (κ1) is 14.6. The van der Waals surface area contributed by atoms with E-state index in [0.717, 1.165) is 31.8 Å². The van der Waals surface area contributed by atoms with Gasteiger partial charge in [-0.15, -0.1) is 0 Å². The van der Waals surface area contributed by atoms with Crippen LogP contribution in [-0.2, 0) is 0 Å². The molecule has 1 atom stereocenters. The Hall–Kier alpha value is -1.29. The second kappa shape index (κ2) is 6.22. The van der Waals surface area contributed by atoms with Crippen molar-refractivity contribution in [3.05, 3.63) is 24.0 Å². The average molecular weight is 290 g/mol. The number of carbonyl (C=O) groups is 1. The smallest absolute Gasteiger partial charge is 0.352 e. The monoisotopic (exact) mass is 290 g/mol. The fourth-order valence-electron chi connectivity index (χ4n) is 3.86. The Bertz CT molecular complexity index is 485. The summed E-state index contributed by atoms with van der Waals surface area (Å²) in [6, 6.07) is 4.57. The predicted molar refractivity (Wildman–Crippen MR) is 82.7 cm³/mol. The summed E-state index contributed by atoms with van der Waals surface area (Å²) >= 11 is 0. The number of hydrogen-bond donors (Lipinski definition) is 1. The van der Waals surface area contributed by atoms with E-state index in [1.807, 2.05) is 16.8 Å². The molecule has 2 fully saturated rings. The summed E-state index contributed by atoms with van der Waals surface area (Å²) in [7, 11) is 0. The molecule has 0 aromatic carbocycles. The summed E-state index contributed by atoms with van der Waals surface area (Å²) in [4.78, 5) is 13.8. The van der Waals surface area contributed by atoms with Crippen LogP contribution in [0.4, 0.5) is 0 Å². The summed E-state index contributed by atoms with van der Waals surface area (Å²) < 4.78 is 1.95. The largest absolute Gasteiger partial charge is 0.477 e. The lowest BCUT2D eigenvalue weighted by Gasteiger charge is -2.39. The molecule has 0 radical (unpaired) electrons. The molecule has 116 valence electrons. The first-order chi connectivity index (χ1) is 10.1. The molecule has 2 aliphatic rings. The maximum Gasteiger partial charge on any atom is 0.352 e. The van der Waals surface area contributed by atoms with Gasteiger partial charge in [-0.3, -0.25) is 0 Å². The van der Waals surface area contributed by atoms with E-state index >= 15 is 0 Å². The number of aromatic nitrogens is 1. The Kier molecular flexibility index (Phi) is 4.34. The third-order valence-electron chi connectivity index (χ3n) is 5.41. The number of aromatic carboxylic acids is 1. The molecule has 1 unspecified atom stereocenters. The topological polar surface area (TPSA) is 45.5 Å². The van der Waals surface area contributed by atoms with Crippen LogP contribution in [0.1, 0.15) is 62.0 Å². The van der Waals surface area contributed by atoms with Crippen molar-refractivity contribution in [1.29, 1.82) is 0 Å². The molecule has 21 heavy (non-hydrogen) atoms. The number of hydrogen-bond acceptors (Lipinski definition) is 2. The Morgan fingerprint density at radius 1 is 1.33 bits per heavy atom. The number of carboxylic acid groups (broad SMARTS) is 1. The van der Waals surface area contributed by atoms with E-state index in [9.17, 15) is 9.90 Å². The van der Waals surface area contributed by atoms with Gasteiger partial charge in [-0.25, -0.2) is 4.79 Å². The summed E-state index contributed by atoms with van der Waals surface area (Å²) in [6.45, 7) is 4.54.